The summed E-state index contributed by atoms with van der Waals surface area (Å²) < 4.78 is 5.41. The van der Waals surface area contributed by atoms with Crippen molar-refractivity contribution in [3.8, 4) is 0 Å². The lowest BCUT2D eigenvalue weighted by Gasteiger charge is -2.03. The van der Waals surface area contributed by atoms with E-state index in [1.54, 1.807) is 18.7 Å². The second-order valence-electron chi connectivity index (χ2n) is 3.92. The van der Waals surface area contributed by atoms with Gasteiger partial charge in [-0.3, -0.25) is 10.1 Å². The summed E-state index contributed by atoms with van der Waals surface area (Å²) in [4.78, 5) is 27.2. The van der Waals surface area contributed by atoms with Crippen LogP contribution in [0.25, 0.3) is 0 Å². The molecule has 3 amide bonds. The lowest BCUT2D eigenvalue weighted by atomic mass is 10.7. The summed E-state index contributed by atoms with van der Waals surface area (Å²) in [5.74, 6) is 0.0146. The van der Waals surface area contributed by atoms with E-state index in [-0.39, 0.29) is 17.7 Å². The van der Waals surface area contributed by atoms with Crippen LogP contribution in [0.2, 0.25) is 0 Å². The lowest BCUT2D eigenvalue weighted by Crippen LogP contribution is -2.31. The van der Waals surface area contributed by atoms with Gasteiger partial charge in [-0.25, -0.2) is 9.78 Å². The Bertz CT molecular complexity index is 633. The Kier molecular flexibility index (Phi) is 7.19. The molecular formula is C11H14N6O3S3. The summed E-state index contributed by atoms with van der Waals surface area (Å²) in [5.41, 5.74) is 0. The highest BCUT2D eigenvalue weighted by Crippen LogP contribution is 2.25. The molecule has 0 bridgehead atoms. The van der Waals surface area contributed by atoms with Gasteiger partial charge in [-0.15, -0.1) is 21.5 Å². The third-order valence-corrected chi connectivity index (χ3v) is 4.88. The van der Waals surface area contributed by atoms with Crippen molar-refractivity contribution in [1.82, 2.24) is 20.5 Å². The summed E-state index contributed by atoms with van der Waals surface area (Å²) >= 11 is 3.78. The van der Waals surface area contributed by atoms with Gasteiger partial charge in [0, 0.05) is 25.2 Å². The van der Waals surface area contributed by atoms with Gasteiger partial charge < -0.3 is 15.4 Å². The normalized spacial score (nSPS) is 10.3. The third-order valence-electron chi connectivity index (χ3n) is 2.22. The van der Waals surface area contributed by atoms with Crippen LogP contribution >= 0.6 is 34.4 Å². The SMILES string of the molecule is COCCNC(=O)Nc1nnc(SCC(=O)Nc2nccs2)s1. The molecule has 3 N–H and O–H groups in total. The molecule has 0 unspecified atom stereocenters. The molecule has 0 spiro atoms. The van der Waals surface area contributed by atoms with Gasteiger partial charge in [0.15, 0.2) is 9.47 Å². The molecule has 0 aliphatic carbocycles. The molecule has 12 heteroatoms. The Balaban J connectivity index is 1.71. The van der Waals surface area contributed by atoms with Crippen LogP contribution in [0, 0.1) is 0 Å². The summed E-state index contributed by atoms with van der Waals surface area (Å²) in [6, 6.07) is -0.378. The summed E-state index contributed by atoms with van der Waals surface area (Å²) in [7, 11) is 1.55. The van der Waals surface area contributed by atoms with Gasteiger partial charge in [0.25, 0.3) is 0 Å². The Morgan fingerprint density at radius 2 is 2.17 bits per heavy atom. The lowest BCUT2D eigenvalue weighted by molar-refractivity contribution is -0.113. The van der Waals surface area contributed by atoms with Crippen molar-refractivity contribution in [1.29, 1.82) is 0 Å². The van der Waals surface area contributed by atoms with Crippen molar-refractivity contribution >= 4 is 56.6 Å². The average Bonchev–Trinajstić information content (AvgIpc) is 3.17. The fourth-order valence-electron chi connectivity index (χ4n) is 1.29. The van der Waals surface area contributed by atoms with E-state index >= 15 is 0 Å². The summed E-state index contributed by atoms with van der Waals surface area (Å²) in [6.45, 7) is 0.832. The zero-order chi connectivity index (χ0) is 16.5. The number of anilines is 2. The van der Waals surface area contributed by atoms with E-state index in [9.17, 15) is 9.59 Å². The number of carbonyl (C=O) groups is 2. The zero-order valence-electron chi connectivity index (χ0n) is 12.1. The first kappa shape index (κ1) is 17.6. The van der Waals surface area contributed by atoms with Gasteiger partial charge >= 0.3 is 6.03 Å². The van der Waals surface area contributed by atoms with Crippen molar-refractivity contribution in [2.24, 2.45) is 0 Å². The number of nitrogens with one attached hydrogen (secondary N) is 3. The van der Waals surface area contributed by atoms with Crippen LogP contribution in [0.15, 0.2) is 15.9 Å². The smallest absolute Gasteiger partial charge is 0.321 e. The van der Waals surface area contributed by atoms with Gasteiger partial charge in [0.2, 0.25) is 11.0 Å². The number of rotatable bonds is 8. The average molecular weight is 374 g/mol. The number of hydrogen-bond donors (Lipinski definition) is 3. The minimum atomic E-state index is -0.378. The van der Waals surface area contributed by atoms with Crippen molar-refractivity contribution in [3.05, 3.63) is 11.6 Å². The second kappa shape index (κ2) is 9.39. The quantitative estimate of drug-likeness (QED) is 0.364. The van der Waals surface area contributed by atoms with Crippen LogP contribution in [-0.4, -0.2) is 53.1 Å². The highest BCUT2D eigenvalue weighted by atomic mass is 32.2. The van der Waals surface area contributed by atoms with Gasteiger partial charge in [-0.1, -0.05) is 23.1 Å². The van der Waals surface area contributed by atoms with Gasteiger partial charge in [0.05, 0.1) is 12.4 Å². The van der Waals surface area contributed by atoms with Crippen LogP contribution in [0.4, 0.5) is 15.1 Å². The van der Waals surface area contributed by atoms with Crippen LogP contribution in [-0.2, 0) is 9.53 Å². The Hall–Kier alpha value is -1.76. The number of thioether (sulfide) groups is 1. The first-order valence-electron chi connectivity index (χ1n) is 6.37. The number of nitrogens with zero attached hydrogens (tertiary/aromatic N) is 3. The van der Waals surface area contributed by atoms with E-state index in [0.29, 0.717) is 27.8 Å². The van der Waals surface area contributed by atoms with Crippen LogP contribution in [0.5, 0.6) is 0 Å². The van der Waals surface area contributed by atoms with E-state index in [0.717, 1.165) is 0 Å². The largest absolute Gasteiger partial charge is 0.383 e. The predicted octanol–water partition coefficient (Wildman–Crippen LogP) is 1.49. The molecule has 9 nitrogen and oxygen atoms in total. The van der Waals surface area contributed by atoms with Crippen molar-refractivity contribution in [3.63, 3.8) is 0 Å². The molecule has 2 heterocycles. The number of ether oxygens (including phenoxy) is 1. The number of aromatic nitrogens is 3. The molecular weight excluding hydrogens is 360 g/mol. The number of hydrogen-bond acceptors (Lipinski definition) is 9. The number of amides is 3. The van der Waals surface area contributed by atoms with Gasteiger partial charge in [-0.2, -0.15) is 0 Å². The highest BCUT2D eigenvalue weighted by Gasteiger charge is 2.11. The number of urea groups is 1. The molecule has 2 rings (SSSR count). The fraction of sp³-hybridized carbons (Fsp3) is 0.364. The van der Waals surface area contributed by atoms with Gasteiger partial charge in [-0.05, 0) is 0 Å². The second-order valence-corrected chi connectivity index (χ2v) is 7.02. The number of methoxy groups -OCH3 is 1. The number of carbonyl (C=O) groups excluding carboxylic acids is 2. The molecule has 2 aromatic rings. The van der Waals surface area contributed by atoms with Crippen molar-refractivity contribution < 1.29 is 14.3 Å². The Labute approximate surface area is 144 Å². The molecule has 0 saturated heterocycles. The molecule has 23 heavy (non-hydrogen) atoms. The molecule has 0 aliphatic rings. The molecule has 0 atom stereocenters. The van der Waals surface area contributed by atoms with Crippen molar-refractivity contribution in [2.45, 2.75) is 4.34 Å². The number of thiazole rings is 1. The topological polar surface area (TPSA) is 118 Å². The van der Waals surface area contributed by atoms with Gasteiger partial charge in [0.1, 0.15) is 0 Å². The summed E-state index contributed by atoms with van der Waals surface area (Å²) in [6.07, 6.45) is 1.62. The first-order valence-corrected chi connectivity index (χ1v) is 9.05. The maximum Gasteiger partial charge on any atom is 0.321 e. The minimum Gasteiger partial charge on any atom is -0.383 e. The van der Waals surface area contributed by atoms with E-state index in [1.807, 2.05) is 0 Å². The predicted molar refractivity (Wildman–Crippen MR) is 90.3 cm³/mol. The van der Waals surface area contributed by atoms with E-state index < -0.39 is 0 Å². The monoisotopic (exact) mass is 374 g/mol. The molecule has 0 fully saturated rings. The molecule has 0 saturated carbocycles. The molecule has 0 radical (unpaired) electrons. The van der Waals surface area contributed by atoms with Crippen LogP contribution in [0.1, 0.15) is 0 Å². The van der Waals surface area contributed by atoms with E-state index in [2.05, 4.69) is 31.1 Å². The molecule has 0 aromatic carbocycles. The van der Waals surface area contributed by atoms with Crippen LogP contribution in [0.3, 0.4) is 0 Å². The Morgan fingerprint density at radius 3 is 2.91 bits per heavy atom. The zero-order valence-corrected chi connectivity index (χ0v) is 14.5. The maximum absolute atomic E-state index is 11.7. The van der Waals surface area contributed by atoms with E-state index in [1.165, 1.54) is 34.4 Å². The first-order chi connectivity index (χ1) is 11.2. The molecule has 0 aliphatic heterocycles. The van der Waals surface area contributed by atoms with Crippen LogP contribution < -0.4 is 16.0 Å². The molecule has 2 aromatic heterocycles. The third kappa shape index (κ3) is 6.48. The standard InChI is InChI=1S/C11H14N6O3S3/c1-20-4-2-12-8(19)15-10-16-17-11(23-10)22-6-7(18)14-9-13-3-5-21-9/h3,5H,2,4,6H2,1H3,(H,13,14,18)(H2,12,15,16,19). The fourth-order valence-corrected chi connectivity index (χ4v) is 3.39. The highest BCUT2D eigenvalue weighted by molar-refractivity contribution is 8.01. The van der Waals surface area contributed by atoms with E-state index in [4.69, 9.17) is 4.74 Å². The summed E-state index contributed by atoms with van der Waals surface area (Å²) in [5, 5.41) is 18.3. The maximum atomic E-state index is 11.7. The molecule has 124 valence electrons. The van der Waals surface area contributed by atoms with Crippen molar-refractivity contribution in [2.75, 3.05) is 36.6 Å². The Morgan fingerprint density at radius 1 is 1.30 bits per heavy atom. The minimum absolute atomic E-state index is 0.174.